The van der Waals surface area contributed by atoms with E-state index < -0.39 is 10.8 Å². The molecule has 2 heterocycles. The summed E-state index contributed by atoms with van der Waals surface area (Å²) >= 11 is 1.48. The van der Waals surface area contributed by atoms with Crippen LogP contribution in [0, 0.1) is 10.1 Å². The Morgan fingerprint density at radius 1 is 0.944 bits per heavy atom. The molecule has 36 heavy (non-hydrogen) atoms. The summed E-state index contributed by atoms with van der Waals surface area (Å²) in [5, 5.41) is 19.2. The molecule has 0 aliphatic heterocycles. The number of fused-ring (bicyclic) bond motifs is 4. The third-order valence-electron chi connectivity index (χ3n) is 5.79. The van der Waals surface area contributed by atoms with Gasteiger partial charge in [0.15, 0.2) is 0 Å². The van der Waals surface area contributed by atoms with Gasteiger partial charge in [-0.05, 0) is 41.1 Å². The van der Waals surface area contributed by atoms with Crippen LogP contribution in [0.15, 0.2) is 101 Å². The van der Waals surface area contributed by atoms with Crippen LogP contribution >= 0.6 is 11.3 Å². The zero-order valence-corrected chi connectivity index (χ0v) is 19.4. The molecular formula is C27H16N4O4S. The van der Waals surface area contributed by atoms with E-state index in [0.717, 1.165) is 26.4 Å². The first kappa shape index (κ1) is 21.6. The fraction of sp³-hybridized carbons (Fsp3) is 0. The lowest BCUT2D eigenvalue weighted by molar-refractivity contribution is -0.385. The third-order valence-corrected chi connectivity index (χ3v) is 6.85. The molecule has 0 bridgehead atoms. The average Bonchev–Trinajstić information content (AvgIpc) is 3.35. The number of amides is 1. The third kappa shape index (κ3) is 3.77. The summed E-state index contributed by atoms with van der Waals surface area (Å²) in [4.78, 5) is 28.3. The van der Waals surface area contributed by atoms with Gasteiger partial charge in [-0.15, -0.1) is 16.4 Å². The summed E-state index contributed by atoms with van der Waals surface area (Å²) < 4.78 is 7.17. The molecule has 0 fully saturated rings. The van der Waals surface area contributed by atoms with Gasteiger partial charge in [0.05, 0.1) is 20.7 Å². The van der Waals surface area contributed by atoms with E-state index in [-0.39, 0.29) is 16.8 Å². The molecule has 0 aliphatic rings. The number of rotatable bonds is 4. The highest BCUT2D eigenvalue weighted by Gasteiger charge is 2.19. The van der Waals surface area contributed by atoms with Crippen LogP contribution in [0.2, 0.25) is 0 Å². The van der Waals surface area contributed by atoms with Gasteiger partial charge in [-0.2, -0.15) is 0 Å². The Hall–Kier alpha value is -4.89. The normalized spacial score (nSPS) is 11.8. The van der Waals surface area contributed by atoms with Crippen LogP contribution in [0.1, 0.15) is 10.4 Å². The molecule has 2 aromatic heterocycles. The van der Waals surface area contributed by atoms with Crippen molar-refractivity contribution in [2.45, 2.75) is 0 Å². The molecule has 0 unspecified atom stereocenters. The molecule has 1 amide bonds. The highest BCUT2D eigenvalue weighted by atomic mass is 32.1. The number of hydrogen-bond donors (Lipinski definition) is 1. The number of hydrogen-bond acceptors (Lipinski definition) is 7. The van der Waals surface area contributed by atoms with Crippen molar-refractivity contribution in [2.75, 3.05) is 0 Å². The Labute approximate surface area is 207 Å². The zero-order chi connectivity index (χ0) is 24.6. The summed E-state index contributed by atoms with van der Waals surface area (Å²) in [5.41, 5.74) is 4.18. The van der Waals surface area contributed by atoms with Gasteiger partial charge in [-0.25, -0.2) is 10.4 Å². The number of carbonyl (C=O) groups excluding carboxylic acids is 1. The SMILES string of the molecule is O=C(N/N=c1/oc2ccc3ccccc3c2cc1-c1nc2ccccc2s1)c1ccccc1[N+](=O)[O-]. The topological polar surface area (TPSA) is 111 Å². The maximum atomic E-state index is 12.8. The van der Waals surface area contributed by atoms with Gasteiger partial charge < -0.3 is 4.42 Å². The summed E-state index contributed by atoms with van der Waals surface area (Å²) in [5.74, 6) is -0.716. The summed E-state index contributed by atoms with van der Waals surface area (Å²) in [6.45, 7) is 0. The lowest BCUT2D eigenvalue weighted by atomic mass is 10.0. The summed E-state index contributed by atoms with van der Waals surface area (Å²) in [6.07, 6.45) is 0. The van der Waals surface area contributed by atoms with Crippen molar-refractivity contribution in [1.29, 1.82) is 0 Å². The van der Waals surface area contributed by atoms with Gasteiger partial charge in [0.1, 0.15) is 16.2 Å². The van der Waals surface area contributed by atoms with Crippen molar-refractivity contribution in [2.24, 2.45) is 5.10 Å². The van der Waals surface area contributed by atoms with E-state index in [1.54, 1.807) is 6.07 Å². The van der Waals surface area contributed by atoms with Crippen LogP contribution in [0.4, 0.5) is 5.69 Å². The molecule has 0 aliphatic carbocycles. The van der Waals surface area contributed by atoms with Crippen LogP contribution in [0.25, 0.3) is 42.5 Å². The van der Waals surface area contributed by atoms with Crippen LogP contribution in [-0.2, 0) is 0 Å². The van der Waals surface area contributed by atoms with E-state index in [0.29, 0.717) is 16.2 Å². The number of thiazole rings is 1. The highest BCUT2D eigenvalue weighted by molar-refractivity contribution is 7.21. The molecule has 0 spiro atoms. The minimum atomic E-state index is -0.716. The lowest BCUT2D eigenvalue weighted by Gasteiger charge is -2.06. The number of benzene rings is 4. The summed E-state index contributed by atoms with van der Waals surface area (Å²) in [7, 11) is 0. The minimum absolute atomic E-state index is 0.0976. The van der Waals surface area contributed by atoms with Crippen molar-refractivity contribution in [3.8, 4) is 10.6 Å². The Kier molecular flexibility index (Phi) is 5.24. The molecule has 0 saturated carbocycles. The molecule has 9 heteroatoms. The number of nitrogens with one attached hydrogen (secondary N) is 1. The Morgan fingerprint density at radius 2 is 1.72 bits per heavy atom. The molecule has 8 nitrogen and oxygen atoms in total. The molecular weight excluding hydrogens is 476 g/mol. The predicted octanol–water partition coefficient (Wildman–Crippen LogP) is 6.02. The van der Waals surface area contributed by atoms with E-state index in [4.69, 9.17) is 9.40 Å². The second-order valence-electron chi connectivity index (χ2n) is 7.98. The first-order chi connectivity index (χ1) is 17.6. The van der Waals surface area contributed by atoms with E-state index in [9.17, 15) is 14.9 Å². The quantitative estimate of drug-likeness (QED) is 0.184. The number of nitro benzene ring substituents is 1. The minimum Gasteiger partial charge on any atom is -0.436 e. The first-order valence-electron chi connectivity index (χ1n) is 11.0. The first-order valence-corrected chi connectivity index (χ1v) is 11.8. The largest absolute Gasteiger partial charge is 0.436 e. The smallest absolute Gasteiger partial charge is 0.282 e. The molecule has 4 aromatic carbocycles. The predicted molar refractivity (Wildman–Crippen MR) is 138 cm³/mol. The van der Waals surface area contributed by atoms with Gasteiger partial charge in [-0.3, -0.25) is 14.9 Å². The van der Waals surface area contributed by atoms with Crippen molar-refractivity contribution < 1.29 is 14.1 Å². The van der Waals surface area contributed by atoms with Gasteiger partial charge in [-0.1, -0.05) is 54.6 Å². The van der Waals surface area contributed by atoms with E-state index in [2.05, 4.69) is 10.5 Å². The molecule has 6 rings (SSSR count). The van der Waals surface area contributed by atoms with Gasteiger partial charge in [0.25, 0.3) is 11.6 Å². The summed E-state index contributed by atoms with van der Waals surface area (Å²) in [6, 6.07) is 27.2. The molecule has 0 saturated heterocycles. The number of para-hydroxylation sites is 2. The van der Waals surface area contributed by atoms with Crippen molar-refractivity contribution >= 4 is 54.9 Å². The number of aromatic nitrogens is 1. The Balaban J connectivity index is 1.54. The number of carbonyl (C=O) groups is 1. The van der Waals surface area contributed by atoms with Crippen molar-refractivity contribution in [3.63, 3.8) is 0 Å². The van der Waals surface area contributed by atoms with Crippen molar-refractivity contribution in [1.82, 2.24) is 10.4 Å². The second kappa shape index (κ2) is 8.71. The Bertz CT molecular complexity index is 1860. The monoisotopic (exact) mass is 492 g/mol. The maximum Gasteiger partial charge on any atom is 0.282 e. The van der Waals surface area contributed by atoms with Gasteiger partial charge >= 0.3 is 0 Å². The molecule has 0 atom stereocenters. The van der Waals surface area contributed by atoms with E-state index in [1.807, 2.05) is 66.7 Å². The maximum absolute atomic E-state index is 12.8. The average molecular weight is 493 g/mol. The molecule has 0 radical (unpaired) electrons. The van der Waals surface area contributed by atoms with Crippen LogP contribution in [0.3, 0.4) is 0 Å². The molecule has 6 aromatic rings. The fourth-order valence-electron chi connectivity index (χ4n) is 4.09. The van der Waals surface area contributed by atoms with Crippen LogP contribution in [-0.4, -0.2) is 15.8 Å². The van der Waals surface area contributed by atoms with Crippen molar-refractivity contribution in [3.05, 3.63) is 112 Å². The lowest BCUT2D eigenvalue weighted by Crippen LogP contribution is -2.23. The standard InChI is InChI=1S/C27H16N4O4S/c32-25(18-9-3-5-11-22(18)31(33)34)29-30-26-20(27-28-21-10-4-6-12-24(21)36-27)15-19-17-8-2-1-7-16(17)13-14-23(19)35-26/h1-15H,(H,29,32)/b30-26+. The Morgan fingerprint density at radius 3 is 2.58 bits per heavy atom. The molecule has 1 N–H and O–H groups in total. The molecule has 174 valence electrons. The fourth-order valence-corrected chi connectivity index (χ4v) is 5.06. The number of nitrogens with zero attached hydrogens (tertiary/aromatic N) is 3. The van der Waals surface area contributed by atoms with E-state index >= 15 is 0 Å². The second-order valence-corrected chi connectivity index (χ2v) is 9.01. The highest BCUT2D eigenvalue weighted by Crippen LogP contribution is 2.32. The van der Waals surface area contributed by atoms with Crippen LogP contribution < -0.4 is 11.0 Å². The van der Waals surface area contributed by atoms with Gasteiger partial charge in [0.2, 0.25) is 5.55 Å². The van der Waals surface area contributed by atoms with Gasteiger partial charge in [0, 0.05) is 11.5 Å². The van der Waals surface area contributed by atoms with Crippen LogP contribution in [0.5, 0.6) is 0 Å². The number of nitro groups is 1. The zero-order valence-electron chi connectivity index (χ0n) is 18.5. The van der Waals surface area contributed by atoms with E-state index in [1.165, 1.54) is 29.5 Å².